The summed E-state index contributed by atoms with van der Waals surface area (Å²) >= 11 is 0. The third-order valence-corrected chi connectivity index (χ3v) is 5.20. The highest BCUT2D eigenvalue weighted by Crippen LogP contribution is 2.33. The largest absolute Gasteiger partial charge is 0.331 e. The van der Waals surface area contributed by atoms with Gasteiger partial charge >= 0.3 is 0 Å². The lowest BCUT2D eigenvalue weighted by Gasteiger charge is -2.10. The van der Waals surface area contributed by atoms with Crippen LogP contribution in [0.3, 0.4) is 0 Å². The normalized spacial score (nSPS) is 11.6. The Morgan fingerprint density at radius 2 is 1.31 bits per heavy atom. The smallest absolute Gasteiger partial charge is 0.275 e. The molecule has 0 atom stereocenters. The number of para-hydroxylation sites is 2. The summed E-state index contributed by atoms with van der Waals surface area (Å²) in [4.78, 5) is 13.3. The molecule has 0 saturated heterocycles. The van der Waals surface area contributed by atoms with Gasteiger partial charge in [0.25, 0.3) is 5.56 Å². The van der Waals surface area contributed by atoms with Crippen LogP contribution >= 0.6 is 0 Å². The summed E-state index contributed by atoms with van der Waals surface area (Å²) in [6.07, 6.45) is 0. The predicted molar refractivity (Wildman–Crippen MR) is 108 cm³/mol. The molecule has 0 amide bonds. The molecule has 0 aliphatic rings. The fourth-order valence-electron chi connectivity index (χ4n) is 3.97. The Morgan fingerprint density at radius 1 is 0.731 bits per heavy atom. The van der Waals surface area contributed by atoms with E-state index in [9.17, 15) is 4.79 Å². The molecule has 0 N–H and O–H groups in total. The molecule has 0 spiro atoms. The second-order valence-electron chi connectivity index (χ2n) is 6.69. The zero-order valence-electron chi connectivity index (χ0n) is 14.5. The zero-order chi connectivity index (χ0) is 17.7. The number of nitrogens with zero attached hydrogens (tertiary/aromatic N) is 2. The lowest BCUT2D eigenvalue weighted by Crippen LogP contribution is -2.20. The Balaban J connectivity index is 2.00. The van der Waals surface area contributed by atoms with Gasteiger partial charge in [-0.25, -0.2) is 0 Å². The third kappa shape index (κ3) is 2.04. The molecule has 126 valence electrons. The first-order chi connectivity index (χ1) is 12.8. The van der Waals surface area contributed by atoms with Gasteiger partial charge in [-0.05, 0) is 17.7 Å². The minimum Gasteiger partial charge on any atom is -0.331 e. The van der Waals surface area contributed by atoms with Crippen molar-refractivity contribution in [2.24, 2.45) is 7.05 Å². The van der Waals surface area contributed by atoms with E-state index >= 15 is 0 Å². The number of aryl methyl sites for hydroxylation is 1. The molecule has 0 bridgehead atoms. The highest BCUT2D eigenvalue weighted by Gasteiger charge is 2.18. The number of fused-ring (bicyclic) bond motifs is 5. The second kappa shape index (κ2) is 5.60. The highest BCUT2D eigenvalue weighted by atomic mass is 16.1. The number of benzene rings is 3. The second-order valence-corrected chi connectivity index (χ2v) is 6.69. The van der Waals surface area contributed by atoms with E-state index in [1.807, 2.05) is 55.6 Å². The van der Waals surface area contributed by atoms with Crippen LogP contribution in [0.1, 0.15) is 5.56 Å². The molecule has 0 radical (unpaired) electrons. The summed E-state index contributed by atoms with van der Waals surface area (Å²) in [5.74, 6) is 0. The molecular formula is C23H18N2O. The van der Waals surface area contributed by atoms with Crippen molar-refractivity contribution < 1.29 is 0 Å². The van der Waals surface area contributed by atoms with Crippen LogP contribution in [0, 0.1) is 0 Å². The quantitative estimate of drug-likeness (QED) is 0.458. The molecule has 0 saturated carbocycles. The summed E-state index contributed by atoms with van der Waals surface area (Å²) in [6.45, 7) is 0.679. The summed E-state index contributed by atoms with van der Waals surface area (Å²) in [6, 6.07) is 26.7. The Kier molecular flexibility index (Phi) is 3.22. The van der Waals surface area contributed by atoms with Crippen LogP contribution in [0.4, 0.5) is 0 Å². The maximum atomic E-state index is 13.3. The lowest BCUT2D eigenvalue weighted by atomic mass is 10.1. The van der Waals surface area contributed by atoms with Crippen molar-refractivity contribution >= 4 is 32.7 Å². The maximum Gasteiger partial charge on any atom is 0.275 e. The van der Waals surface area contributed by atoms with E-state index in [0.717, 1.165) is 32.7 Å². The molecule has 5 rings (SSSR count). The standard InChI is InChI=1S/C23H18N2O/c1-24-19-13-7-5-11-17(19)21-18-12-6-8-14-20(18)25(22(21)23(24)26)15-16-9-3-2-4-10-16/h2-14H,15H2,1H3. The fraction of sp³-hybridized carbons (Fsp3) is 0.0870. The van der Waals surface area contributed by atoms with Gasteiger partial charge in [-0.2, -0.15) is 0 Å². The van der Waals surface area contributed by atoms with E-state index in [0.29, 0.717) is 6.54 Å². The molecule has 5 aromatic rings. The minimum atomic E-state index is 0.0471. The first kappa shape index (κ1) is 15.0. The van der Waals surface area contributed by atoms with Gasteiger partial charge in [-0.3, -0.25) is 4.79 Å². The predicted octanol–water partition coefficient (Wildman–Crippen LogP) is 4.69. The Morgan fingerprint density at radius 3 is 2.04 bits per heavy atom. The van der Waals surface area contributed by atoms with Crippen LogP contribution in [-0.4, -0.2) is 9.13 Å². The Labute approximate surface area is 150 Å². The summed E-state index contributed by atoms with van der Waals surface area (Å²) in [5.41, 5.74) is 4.07. The van der Waals surface area contributed by atoms with Crippen LogP contribution in [0.25, 0.3) is 32.7 Å². The SMILES string of the molecule is Cn1c(=O)c2c(c3ccccc31)c1ccccc1n2Cc1ccccc1. The van der Waals surface area contributed by atoms with Crippen molar-refractivity contribution in [1.82, 2.24) is 9.13 Å². The average Bonchev–Trinajstić information content (AvgIpc) is 3.02. The number of hydrogen-bond donors (Lipinski definition) is 0. The van der Waals surface area contributed by atoms with E-state index in [4.69, 9.17) is 0 Å². The minimum absolute atomic E-state index is 0.0471. The van der Waals surface area contributed by atoms with Crippen LogP contribution in [0.2, 0.25) is 0 Å². The fourth-order valence-corrected chi connectivity index (χ4v) is 3.97. The van der Waals surface area contributed by atoms with E-state index in [1.54, 1.807) is 4.57 Å². The molecule has 0 fully saturated rings. The van der Waals surface area contributed by atoms with Crippen LogP contribution in [0.5, 0.6) is 0 Å². The highest BCUT2D eigenvalue weighted by molar-refractivity contribution is 6.19. The monoisotopic (exact) mass is 338 g/mol. The van der Waals surface area contributed by atoms with Gasteiger partial charge in [0.1, 0.15) is 5.52 Å². The third-order valence-electron chi connectivity index (χ3n) is 5.20. The van der Waals surface area contributed by atoms with Gasteiger partial charge in [0.05, 0.1) is 5.52 Å². The van der Waals surface area contributed by atoms with Gasteiger partial charge in [-0.1, -0.05) is 66.7 Å². The first-order valence-corrected chi connectivity index (χ1v) is 8.78. The molecule has 26 heavy (non-hydrogen) atoms. The number of pyridine rings is 1. The van der Waals surface area contributed by atoms with Crippen LogP contribution in [-0.2, 0) is 13.6 Å². The molecule has 3 nitrogen and oxygen atoms in total. The van der Waals surface area contributed by atoms with Crippen molar-refractivity contribution in [3.8, 4) is 0 Å². The Hall–Kier alpha value is -3.33. The lowest BCUT2D eigenvalue weighted by molar-refractivity contribution is 0.842. The van der Waals surface area contributed by atoms with Gasteiger partial charge in [0, 0.05) is 35.3 Å². The molecule has 0 aliphatic heterocycles. The topological polar surface area (TPSA) is 26.9 Å². The number of rotatable bonds is 2. The van der Waals surface area contributed by atoms with Gasteiger partial charge in [0.15, 0.2) is 0 Å². The van der Waals surface area contributed by atoms with Gasteiger partial charge < -0.3 is 9.13 Å². The first-order valence-electron chi connectivity index (χ1n) is 8.78. The van der Waals surface area contributed by atoms with Crippen molar-refractivity contribution in [2.45, 2.75) is 6.54 Å². The van der Waals surface area contributed by atoms with Crippen molar-refractivity contribution in [3.05, 3.63) is 94.8 Å². The van der Waals surface area contributed by atoms with Crippen molar-refractivity contribution in [3.63, 3.8) is 0 Å². The van der Waals surface area contributed by atoms with Crippen molar-refractivity contribution in [1.29, 1.82) is 0 Å². The molecule has 2 heterocycles. The molecule has 0 aliphatic carbocycles. The van der Waals surface area contributed by atoms with Crippen LogP contribution in [0.15, 0.2) is 83.7 Å². The van der Waals surface area contributed by atoms with E-state index in [-0.39, 0.29) is 5.56 Å². The maximum absolute atomic E-state index is 13.3. The molecular weight excluding hydrogens is 320 g/mol. The summed E-state index contributed by atoms with van der Waals surface area (Å²) in [7, 11) is 1.86. The summed E-state index contributed by atoms with van der Waals surface area (Å²) < 4.78 is 3.92. The summed E-state index contributed by atoms with van der Waals surface area (Å²) in [5, 5.41) is 3.30. The molecule has 2 aromatic heterocycles. The van der Waals surface area contributed by atoms with Crippen LogP contribution < -0.4 is 5.56 Å². The molecule has 0 unspecified atom stereocenters. The average molecular weight is 338 g/mol. The van der Waals surface area contributed by atoms with Gasteiger partial charge in [0.2, 0.25) is 0 Å². The van der Waals surface area contributed by atoms with E-state index in [1.165, 1.54) is 5.56 Å². The Bertz CT molecular complexity index is 1330. The number of hydrogen-bond acceptors (Lipinski definition) is 1. The zero-order valence-corrected chi connectivity index (χ0v) is 14.5. The van der Waals surface area contributed by atoms with Gasteiger partial charge in [-0.15, -0.1) is 0 Å². The molecule has 3 aromatic carbocycles. The van der Waals surface area contributed by atoms with E-state index in [2.05, 4.69) is 34.9 Å². The van der Waals surface area contributed by atoms with Crippen molar-refractivity contribution in [2.75, 3.05) is 0 Å². The molecule has 3 heteroatoms. The number of aromatic nitrogens is 2. The van der Waals surface area contributed by atoms with E-state index < -0.39 is 0 Å².